The molecule has 1 fully saturated rings. The third-order valence-electron chi connectivity index (χ3n) is 4.27. The first-order valence-electron chi connectivity index (χ1n) is 9.35. The number of nitrogens with zero attached hydrogens (tertiary/aromatic N) is 2. The highest BCUT2D eigenvalue weighted by Gasteiger charge is 2.23. The molecule has 0 unspecified atom stereocenters. The molecule has 1 aliphatic heterocycles. The van der Waals surface area contributed by atoms with Crippen LogP contribution in [-0.4, -0.2) is 60.4 Å². The van der Waals surface area contributed by atoms with Crippen LogP contribution in [-0.2, 0) is 4.79 Å². The maximum Gasteiger partial charge on any atom is 0.317 e. The Morgan fingerprint density at radius 1 is 1.04 bits per heavy atom. The molecule has 7 nitrogen and oxygen atoms in total. The predicted octanol–water partition coefficient (Wildman–Crippen LogP) is 2.55. The SMILES string of the molecule is CC(=O)Nc1cccc(C(=O)N2CCCN(C(=O)NCC(C)(C)C)CC2)c1. The molecule has 4 amide bonds. The summed E-state index contributed by atoms with van der Waals surface area (Å²) >= 11 is 0. The van der Waals surface area contributed by atoms with Gasteiger partial charge in [0.15, 0.2) is 0 Å². The molecular weight excluding hydrogens is 344 g/mol. The molecule has 2 rings (SSSR count). The topological polar surface area (TPSA) is 81.8 Å². The molecule has 1 aromatic rings. The number of amides is 4. The van der Waals surface area contributed by atoms with E-state index in [-0.39, 0.29) is 23.3 Å². The number of rotatable bonds is 3. The van der Waals surface area contributed by atoms with Crippen LogP contribution in [0.25, 0.3) is 0 Å². The lowest BCUT2D eigenvalue weighted by Crippen LogP contribution is -2.44. The van der Waals surface area contributed by atoms with Gasteiger partial charge < -0.3 is 20.4 Å². The van der Waals surface area contributed by atoms with E-state index >= 15 is 0 Å². The lowest BCUT2D eigenvalue weighted by atomic mass is 9.97. The summed E-state index contributed by atoms with van der Waals surface area (Å²) in [7, 11) is 0. The fourth-order valence-electron chi connectivity index (χ4n) is 2.89. The molecule has 0 atom stereocenters. The predicted molar refractivity (Wildman–Crippen MR) is 106 cm³/mol. The van der Waals surface area contributed by atoms with Gasteiger partial charge >= 0.3 is 6.03 Å². The molecule has 1 heterocycles. The largest absolute Gasteiger partial charge is 0.337 e. The van der Waals surface area contributed by atoms with Gasteiger partial charge in [-0.3, -0.25) is 9.59 Å². The van der Waals surface area contributed by atoms with Crippen molar-refractivity contribution < 1.29 is 14.4 Å². The molecule has 1 aliphatic rings. The van der Waals surface area contributed by atoms with E-state index in [1.54, 1.807) is 34.1 Å². The zero-order chi connectivity index (χ0) is 20.0. The van der Waals surface area contributed by atoms with Crippen LogP contribution in [0, 0.1) is 5.41 Å². The summed E-state index contributed by atoms with van der Waals surface area (Å²) in [5.41, 5.74) is 1.17. The zero-order valence-electron chi connectivity index (χ0n) is 16.7. The molecule has 0 aromatic heterocycles. The minimum atomic E-state index is -0.175. The lowest BCUT2D eigenvalue weighted by Gasteiger charge is -2.25. The van der Waals surface area contributed by atoms with Crippen molar-refractivity contribution in [1.82, 2.24) is 15.1 Å². The number of hydrogen-bond acceptors (Lipinski definition) is 3. The summed E-state index contributed by atoms with van der Waals surface area (Å²) in [5, 5.41) is 5.66. The quantitative estimate of drug-likeness (QED) is 0.853. The first-order chi connectivity index (χ1) is 12.7. The summed E-state index contributed by atoms with van der Waals surface area (Å²) < 4.78 is 0. The Morgan fingerprint density at radius 3 is 2.37 bits per heavy atom. The van der Waals surface area contributed by atoms with Crippen LogP contribution in [0.5, 0.6) is 0 Å². The smallest absolute Gasteiger partial charge is 0.317 e. The molecule has 0 aliphatic carbocycles. The van der Waals surface area contributed by atoms with Crippen LogP contribution in [0.2, 0.25) is 0 Å². The number of nitrogens with one attached hydrogen (secondary N) is 2. The molecule has 1 aromatic carbocycles. The third-order valence-corrected chi connectivity index (χ3v) is 4.27. The molecule has 0 spiro atoms. The van der Waals surface area contributed by atoms with Crippen molar-refractivity contribution in [2.75, 3.05) is 38.0 Å². The second-order valence-corrected chi connectivity index (χ2v) is 8.11. The Balaban J connectivity index is 1.96. The highest BCUT2D eigenvalue weighted by atomic mass is 16.2. The van der Waals surface area contributed by atoms with E-state index in [9.17, 15) is 14.4 Å². The molecule has 148 valence electrons. The Kier molecular flexibility index (Phi) is 6.82. The van der Waals surface area contributed by atoms with Crippen molar-refractivity contribution in [3.63, 3.8) is 0 Å². The van der Waals surface area contributed by atoms with Crippen molar-refractivity contribution in [2.45, 2.75) is 34.1 Å². The Bertz CT molecular complexity index is 697. The van der Waals surface area contributed by atoms with Gasteiger partial charge in [0.1, 0.15) is 0 Å². The molecule has 0 radical (unpaired) electrons. The average Bonchev–Trinajstić information content (AvgIpc) is 2.84. The molecule has 0 saturated carbocycles. The minimum Gasteiger partial charge on any atom is -0.337 e. The summed E-state index contributed by atoms with van der Waals surface area (Å²) in [4.78, 5) is 39.9. The van der Waals surface area contributed by atoms with Gasteiger partial charge in [-0.25, -0.2) is 4.79 Å². The molecule has 0 bridgehead atoms. The molecule has 1 saturated heterocycles. The van der Waals surface area contributed by atoms with Gasteiger partial charge in [-0.05, 0) is 30.0 Å². The highest BCUT2D eigenvalue weighted by molar-refractivity contribution is 5.96. The summed E-state index contributed by atoms with van der Waals surface area (Å²) in [6.45, 7) is 10.5. The van der Waals surface area contributed by atoms with Crippen LogP contribution in [0.4, 0.5) is 10.5 Å². The number of carbonyl (C=O) groups excluding carboxylic acids is 3. The van der Waals surface area contributed by atoms with E-state index in [1.807, 2.05) is 0 Å². The standard InChI is InChI=1S/C20H30N4O3/c1-15(25)22-17-8-5-7-16(13-17)18(26)23-9-6-10-24(12-11-23)19(27)21-14-20(2,3)4/h5,7-8,13H,6,9-12,14H2,1-4H3,(H,21,27)(H,22,25). The maximum absolute atomic E-state index is 12.8. The average molecular weight is 374 g/mol. The molecule has 2 N–H and O–H groups in total. The van der Waals surface area contributed by atoms with Gasteiger partial charge in [0.2, 0.25) is 5.91 Å². The fourth-order valence-corrected chi connectivity index (χ4v) is 2.89. The first-order valence-corrected chi connectivity index (χ1v) is 9.35. The lowest BCUT2D eigenvalue weighted by molar-refractivity contribution is -0.114. The Morgan fingerprint density at radius 2 is 1.70 bits per heavy atom. The van der Waals surface area contributed by atoms with Crippen LogP contribution in [0.15, 0.2) is 24.3 Å². The van der Waals surface area contributed by atoms with E-state index in [1.165, 1.54) is 6.92 Å². The zero-order valence-corrected chi connectivity index (χ0v) is 16.7. The first kappa shape index (κ1) is 20.7. The number of benzene rings is 1. The molecular formula is C20H30N4O3. The molecule has 27 heavy (non-hydrogen) atoms. The van der Waals surface area contributed by atoms with Crippen molar-refractivity contribution in [1.29, 1.82) is 0 Å². The Hall–Kier alpha value is -2.57. The van der Waals surface area contributed by atoms with E-state index in [0.717, 1.165) is 6.42 Å². The third kappa shape index (κ3) is 6.58. The molecule has 7 heteroatoms. The van der Waals surface area contributed by atoms with Crippen LogP contribution in [0.1, 0.15) is 44.5 Å². The maximum atomic E-state index is 12.8. The van der Waals surface area contributed by atoms with Crippen molar-refractivity contribution in [3.05, 3.63) is 29.8 Å². The second kappa shape index (κ2) is 8.88. The number of carbonyl (C=O) groups is 3. The van der Waals surface area contributed by atoms with Crippen molar-refractivity contribution in [3.8, 4) is 0 Å². The van der Waals surface area contributed by atoms with E-state index in [4.69, 9.17) is 0 Å². The van der Waals surface area contributed by atoms with Gasteiger partial charge in [0, 0.05) is 50.9 Å². The van der Waals surface area contributed by atoms with E-state index < -0.39 is 0 Å². The van der Waals surface area contributed by atoms with Crippen LogP contribution >= 0.6 is 0 Å². The fraction of sp³-hybridized carbons (Fsp3) is 0.550. The van der Waals surface area contributed by atoms with E-state index in [2.05, 4.69) is 31.4 Å². The van der Waals surface area contributed by atoms with Gasteiger partial charge in [-0.15, -0.1) is 0 Å². The van der Waals surface area contributed by atoms with Gasteiger partial charge in [0.05, 0.1) is 0 Å². The monoisotopic (exact) mass is 374 g/mol. The van der Waals surface area contributed by atoms with Gasteiger partial charge in [-0.2, -0.15) is 0 Å². The summed E-state index contributed by atoms with van der Waals surface area (Å²) in [6, 6.07) is 6.85. The van der Waals surface area contributed by atoms with Crippen LogP contribution in [0.3, 0.4) is 0 Å². The van der Waals surface area contributed by atoms with E-state index in [0.29, 0.717) is 44.0 Å². The minimum absolute atomic E-state index is 0.0302. The van der Waals surface area contributed by atoms with Crippen molar-refractivity contribution >= 4 is 23.5 Å². The highest BCUT2D eigenvalue weighted by Crippen LogP contribution is 2.15. The Labute approximate surface area is 161 Å². The summed E-state index contributed by atoms with van der Waals surface area (Å²) in [5.74, 6) is -0.259. The summed E-state index contributed by atoms with van der Waals surface area (Å²) in [6.07, 6.45) is 0.736. The number of anilines is 1. The number of hydrogen-bond donors (Lipinski definition) is 2. The van der Waals surface area contributed by atoms with Gasteiger partial charge in [0.25, 0.3) is 5.91 Å². The van der Waals surface area contributed by atoms with Gasteiger partial charge in [-0.1, -0.05) is 26.8 Å². The van der Waals surface area contributed by atoms with Crippen molar-refractivity contribution in [2.24, 2.45) is 5.41 Å². The normalized spacial score (nSPS) is 15.1. The number of urea groups is 1. The van der Waals surface area contributed by atoms with Crippen LogP contribution < -0.4 is 10.6 Å². The second-order valence-electron chi connectivity index (χ2n) is 8.11.